The molecule has 3 heterocycles. The van der Waals surface area contributed by atoms with Gasteiger partial charge in [0, 0.05) is 30.2 Å². The van der Waals surface area contributed by atoms with Crippen LogP contribution in [-0.2, 0) is 13.0 Å². The number of hydrogen-bond acceptors (Lipinski definition) is 4. The summed E-state index contributed by atoms with van der Waals surface area (Å²) in [5.41, 5.74) is 4.13. The SMILES string of the molecule is Cc1cnc2c(c1)[nH]c(=S)n2CCc1nc(C)cs1. The first-order chi connectivity index (χ1) is 9.13. The van der Waals surface area contributed by atoms with Gasteiger partial charge in [0.2, 0.25) is 0 Å². The molecule has 0 aliphatic rings. The molecule has 0 unspecified atom stereocenters. The number of nitrogens with zero attached hydrogens (tertiary/aromatic N) is 3. The van der Waals surface area contributed by atoms with Gasteiger partial charge in [0.15, 0.2) is 10.4 Å². The molecular weight excluding hydrogens is 276 g/mol. The molecule has 0 atom stereocenters. The first kappa shape index (κ1) is 12.5. The van der Waals surface area contributed by atoms with E-state index in [1.54, 1.807) is 11.3 Å². The number of pyridine rings is 1. The van der Waals surface area contributed by atoms with Crippen molar-refractivity contribution >= 4 is 34.7 Å². The largest absolute Gasteiger partial charge is 0.329 e. The summed E-state index contributed by atoms with van der Waals surface area (Å²) in [5, 5.41) is 3.21. The Kier molecular flexibility index (Phi) is 3.20. The first-order valence-electron chi connectivity index (χ1n) is 6.09. The third-order valence-corrected chi connectivity index (χ3v) is 4.31. The van der Waals surface area contributed by atoms with E-state index in [2.05, 4.69) is 26.4 Å². The zero-order valence-corrected chi connectivity index (χ0v) is 12.4. The lowest BCUT2D eigenvalue weighted by Gasteiger charge is -2.02. The van der Waals surface area contributed by atoms with E-state index in [1.165, 1.54) is 0 Å². The Morgan fingerprint density at radius 3 is 3.00 bits per heavy atom. The van der Waals surface area contributed by atoms with E-state index in [0.717, 1.165) is 45.2 Å². The second-order valence-electron chi connectivity index (χ2n) is 4.60. The van der Waals surface area contributed by atoms with Gasteiger partial charge >= 0.3 is 0 Å². The number of rotatable bonds is 3. The van der Waals surface area contributed by atoms with Crippen molar-refractivity contribution in [1.82, 2.24) is 19.5 Å². The van der Waals surface area contributed by atoms with Crippen LogP contribution in [0.1, 0.15) is 16.3 Å². The second kappa shape index (κ2) is 4.86. The molecule has 3 aromatic rings. The van der Waals surface area contributed by atoms with Crippen LogP contribution in [0.25, 0.3) is 11.2 Å². The number of thiazole rings is 1. The Morgan fingerprint density at radius 2 is 2.26 bits per heavy atom. The van der Waals surface area contributed by atoms with Crippen molar-refractivity contribution in [3.8, 4) is 0 Å². The van der Waals surface area contributed by atoms with Crippen LogP contribution in [0.4, 0.5) is 0 Å². The summed E-state index contributed by atoms with van der Waals surface area (Å²) >= 11 is 7.06. The zero-order valence-electron chi connectivity index (χ0n) is 10.8. The van der Waals surface area contributed by atoms with Crippen LogP contribution in [0.15, 0.2) is 17.6 Å². The van der Waals surface area contributed by atoms with E-state index in [1.807, 2.05) is 24.6 Å². The Morgan fingerprint density at radius 1 is 1.42 bits per heavy atom. The highest BCUT2D eigenvalue weighted by atomic mass is 32.1. The number of aryl methyl sites for hydroxylation is 4. The van der Waals surface area contributed by atoms with Crippen LogP contribution >= 0.6 is 23.6 Å². The number of aromatic amines is 1. The number of H-pyrrole nitrogens is 1. The van der Waals surface area contributed by atoms with E-state index in [0.29, 0.717) is 0 Å². The summed E-state index contributed by atoms with van der Waals surface area (Å²) < 4.78 is 2.77. The predicted octanol–water partition coefficient (Wildman–Crippen LogP) is 3.41. The molecule has 0 aromatic carbocycles. The van der Waals surface area contributed by atoms with E-state index in [4.69, 9.17) is 12.2 Å². The minimum atomic E-state index is 0.723. The Bertz CT molecular complexity index is 781. The van der Waals surface area contributed by atoms with E-state index >= 15 is 0 Å². The normalized spacial score (nSPS) is 11.3. The predicted molar refractivity (Wildman–Crippen MR) is 80.2 cm³/mol. The highest BCUT2D eigenvalue weighted by Gasteiger charge is 2.07. The third-order valence-electron chi connectivity index (χ3n) is 2.96. The van der Waals surface area contributed by atoms with Gasteiger partial charge < -0.3 is 9.55 Å². The number of hydrogen-bond donors (Lipinski definition) is 1. The average Bonchev–Trinajstić information content (AvgIpc) is 2.89. The van der Waals surface area contributed by atoms with E-state index in [-0.39, 0.29) is 0 Å². The molecule has 1 N–H and O–H groups in total. The fourth-order valence-electron chi connectivity index (χ4n) is 2.08. The zero-order chi connectivity index (χ0) is 13.4. The molecule has 6 heteroatoms. The van der Waals surface area contributed by atoms with Crippen LogP contribution in [0.3, 0.4) is 0 Å². The minimum absolute atomic E-state index is 0.723. The number of aromatic nitrogens is 4. The van der Waals surface area contributed by atoms with Crippen molar-refractivity contribution < 1.29 is 0 Å². The molecule has 19 heavy (non-hydrogen) atoms. The average molecular weight is 290 g/mol. The molecule has 4 nitrogen and oxygen atoms in total. The molecule has 0 fully saturated rings. The van der Waals surface area contributed by atoms with Gasteiger partial charge in [-0.15, -0.1) is 11.3 Å². The maximum atomic E-state index is 5.37. The second-order valence-corrected chi connectivity index (χ2v) is 5.93. The van der Waals surface area contributed by atoms with Crippen molar-refractivity contribution in [3.63, 3.8) is 0 Å². The number of nitrogens with one attached hydrogen (secondary N) is 1. The topological polar surface area (TPSA) is 46.5 Å². The van der Waals surface area contributed by atoms with Gasteiger partial charge in [-0.1, -0.05) is 0 Å². The molecule has 0 saturated carbocycles. The summed E-state index contributed by atoms with van der Waals surface area (Å²) in [7, 11) is 0. The Labute approximate surface area is 120 Å². The van der Waals surface area contributed by atoms with Crippen LogP contribution in [-0.4, -0.2) is 19.5 Å². The number of imidazole rings is 1. The molecule has 0 radical (unpaired) electrons. The monoisotopic (exact) mass is 290 g/mol. The highest BCUT2D eigenvalue weighted by molar-refractivity contribution is 7.71. The molecule has 3 rings (SSSR count). The van der Waals surface area contributed by atoms with Crippen LogP contribution in [0.2, 0.25) is 0 Å². The molecule has 3 aromatic heterocycles. The van der Waals surface area contributed by atoms with Crippen LogP contribution < -0.4 is 0 Å². The lowest BCUT2D eigenvalue weighted by atomic mass is 10.3. The Balaban J connectivity index is 1.92. The summed E-state index contributed by atoms with van der Waals surface area (Å²) in [6.45, 7) is 4.85. The molecule has 0 amide bonds. The van der Waals surface area contributed by atoms with Crippen molar-refractivity contribution in [2.24, 2.45) is 0 Å². The first-order valence-corrected chi connectivity index (χ1v) is 7.38. The third kappa shape index (κ3) is 2.46. The molecule has 0 aliphatic carbocycles. The van der Waals surface area contributed by atoms with Crippen molar-refractivity contribution in [3.05, 3.63) is 38.7 Å². The van der Waals surface area contributed by atoms with Crippen LogP contribution in [0, 0.1) is 18.6 Å². The van der Waals surface area contributed by atoms with Crippen molar-refractivity contribution in [2.75, 3.05) is 0 Å². The molecule has 0 bridgehead atoms. The molecule has 98 valence electrons. The van der Waals surface area contributed by atoms with Crippen molar-refractivity contribution in [1.29, 1.82) is 0 Å². The number of fused-ring (bicyclic) bond motifs is 1. The molecule has 0 aliphatic heterocycles. The summed E-state index contributed by atoms with van der Waals surface area (Å²) in [6.07, 6.45) is 2.75. The Hall–Kier alpha value is -1.53. The lowest BCUT2D eigenvalue weighted by Crippen LogP contribution is -2.02. The molecular formula is C13H14N4S2. The van der Waals surface area contributed by atoms with E-state index < -0.39 is 0 Å². The molecule has 0 saturated heterocycles. The standard InChI is InChI=1S/C13H14N4S2/c1-8-5-10-12(14-6-8)17(13(18)16-10)4-3-11-15-9(2)7-19-11/h5-7H,3-4H2,1-2H3,(H,16,18). The van der Waals surface area contributed by atoms with Gasteiger partial charge in [0.25, 0.3) is 0 Å². The summed E-state index contributed by atoms with van der Waals surface area (Å²) in [4.78, 5) is 12.1. The van der Waals surface area contributed by atoms with Gasteiger partial charge in [-0.2, -0.15) is 0 Å². The minimum Gasteiger partial charge on any atom is -0.329 e. The fourth-order valence-corrected chi connectivity index (χ4v) is 3.13. The maximum absolute atomic E-state index is 5.37. The van der Waals surface area contributed by atoms with Gasteiger partial charge in [0.05, 0.1) is 10.5 Å². The van der Waals surface area contributed by atoms with E-state index in [9.17, 15) is 0 Å². The van der Waals surface area contributed by atoms with Crippen molar-refractivity contribution in [2.45, 2.75) is 26.8 Å². The quantitative estimate of drug-likeness (QED) is 0.752. The highest BCUT2D eigenvalue weighted by Crippen LogP contribution is 2.15. The fraction of sp³-hybridized carbons (Fsp3) is 0.308. The molecule has 0 spiro atoms. The van der Waals surface area contributed by atoms with Gasteiger partial charge in [0.1, 0.15) is 0 Å². The summed E-state index contributed by atoms with van der Waals surface area (Å²) in [5.74, 6) is 0. The van der Waals surface area contributed by atoms with Gasteiger partial charge in [-0.05, 0) is 37.7 Å². The van der Waals surface area contributed by atoms with Crippen LogP contribution in [0.5, 0.6) is 0 Å². The van der Waals surface area contributed by atoms with Gasteiger partial charge in [-0.3, -0.25) is 0 Å². The maximum Gasteiger partial charge on any atom is 0.179 e. The smallest absolute Gasteiger partial charge is 0.179 e. The summed E-state index contributed by atoms with van der Waals surface area (Å²) in [6, 6.07) is 2.07. The lowest BCUT2D eigenvalue weighted by molar-refractivity contribution is 0.697. The van der Waals surface area contributed by atoms with Gasteiger partial charge in [-0.25, -0.2) is 9.97 Å².